The van der Waals surface area contributed by atoms with E-state index >= 15 is 0 Å². The molecule has 130 valence electrons. The van der Waals surface area contributed by atoms with Gasteiger partial charge in [-0.2, -0.15) is 10.2 Å². The third-order valence-corrected chi connectivity index (χ3v) is 4.33. The molecule has 10 heteroatoms. The van der Waals surface area contributed by atoms with E-state index in [0.717, 1.165) is 23.5 Å². The molecule has 0 aliphatic rings. The average molecular weight is 360 g/mol. The number of anilines is 1. The fourth-order valence-electron chi connectivity index (χ4n) is 2.34. The Morgan fingerprint density at radius 2 is 2.20 bits per heavy atom. The fraction of sp³-hybridized carbons (Fsp3) is 0.267. The van der Waals surface area contributed by atoms with Crippen molar-refractivity contribution < 1.29 is 14.7 Å². The van der Waals surface area contributed by atoms with Crippen molar-refractivity contribution in [2.45, 2.75) is 26.9 Å². The van der Waals surface area contributed by atoms with Gasteiger partial charge in [0.1, 0.15) is 6.54 Å². The van der Waals surface area contributed by atoms with Gasteiger partial charge in [0.2, 0.25) is 0 Å². The van der Waals surface area contributed by atoms with Crippen LogP contribution in [0.1, 0.15) is 23.1 Å². The Balaban J connectivity index is 1.72. The highest BCUT2D eigenvalue weighted by Crippen LogP contribution is 2.27. The molecule has 0 fully saturated rings. The Kier molecular flexibility index (Phi) is 4.61. The summed E-state index contributed by atoms with van der Waals surface area (Å²) in [4.78, 5) is 27.3. The molecule has 0 aliphatic carbocycles. The Morgan fingerprint density at radius 3 is 2.88 bits per heavy atom. The number of carboxylic acid groups (broad SMARTS) is 1. The first-order chi connectivity index (χ1) is 12.0. The topological polar surface area (TPSA) is 115 Å². The van der Waals surface area contributed by atoms with Crippen molar-refractivity contribution in [3.05, 3.63) is 35.2 Å². The molecule has 2 N–H and O–H groups in total. The molecule has 0 saturated heterocycles. The number of aliphatic carboxylic acids is 1. The van der Waals surface area contributed by atoms with Crippen LogP contribution in [0.15, 0.2) is 23.8 Å². The summed E-state index contributed by atoms with van der Waals surface area (Å²) < 4.78 is 3.06. The van der Waals surface area contributed by atoms with Gasteiger partial charge in [0.15, 0.2) is 10.8 Å². The first-order valence-corrected chi connectivity index (χ1v) is 8.40. The number of nitrogens with one attached hydrogen (secondary N) is 1. The van der Waals surface area contributed by atoms with Crippen LogP contribution in [-0.4, -0.2) is 41.5 Å². The molecule has 0 saturated carbocycles. The van der Waals surface area contributed by atoms with E-state index < -0.39 is 11.9 Å². The molecule has 3 rings (SSSR count). The van der Waals surface area contributed by atoms with Crippen molar-refractivity contribution in [1.29, 1.82) is 0 Å². The SMILES string of the molecule is CCn1ncc(-c2csc(NC(=O)c3ccn(CC(=O)O)n3)n2)c1C. The zero-order valence-electron chi connectivity index (χ0n) is 13.6. The number of hydrogen-bond acceptors (Lipinski definition) is 6. The minimum Gasteiger partial charge on any atom is -0.480 e. The Morgan fingerprint density at radius 1 is 1.40 bits per heavy atom. The van der Waals surface area contributed by atoms with E-state index in [4.69, 9.17) is 5.11 Å². The molecular formula is C15H16N6O3S. The summed E-state index contributed by atoms with van der Waals surface area (Å²) >= 11 is 1.30. The van der Waals surface area contributed by atoms with Crippen LogP contribution < -0.4 is 5.32 Å². The minimum absolute atomic E-state index is 0.132. The molecule has 0 spiro atoms. The summed E-state index contributed by atoms with van der Waals surface area (Å²) in [6.45, 7) is 4.46. The predicted octanol–water partition coefficient (Wildman–Crippen LogP) is 1.87. The molecule has 0 aromatic carbocycles. The molecule has 3 heterocycles. The van der Waals surface area contributed by atoms with Gasteiger partial charge in [0.05, 0.1) is 11.9 Å². The van der Waals surface area contributed by atoms with Crippen LogP contribution in [0.5, 0.6) is 0 Å². The van der Waals surface area contributed by atoms with Crippen LogP contribution in [-0.2, 0) is 17.9 Å². The summed E-state index contributed by atoms with van der Waals surface area (Å²) in [5.41, 5.74) is 2.81. The summed E-state index contributed by atoms with van der Waals surface area (Å²) in [5, 5.41) is 21.9. The molecule has 9 nitrogen and oxygen atoms in total. The van der Waals surface area contributed by atoms with Gasteiger partial charge in [-0.1, -0.05) is 0 Å². The highest BCUT2D eigenvalue weighted by Gasteiger charge is 2.15. The van der Waals surface area contributed by atoms with Gasteiger partial charge in [0.25, 0.3) is 5.91 Å². The first-order valence-electron chi connectivity index (χ1n) is 7.52. The molecule has 1 amide bonds. The molecule has 0 aliphatic heterocycles. The van der Waals surface area contributed by atoms with Crippen molar-refractivity contribution >= 4 is 28.3 Å². The maximum atomic E-state index is 12.2. The van der Waals surface area contributed by atoms with Gasteiger partial charge in [0, 0.05) is 29.4 Å². The van der Waals surface area contributed by atoms with Crippen LogP contribution in [0.4, 0.5) is 5.13 Å². The predicted molar refractivity (Wildman–Crippen MR) is 91.6 cm³/mol. The minimum atomic E-state index is -1.03. The van der Waals surface area contributed by atoms with E-state index in [9.17, 15) is 9.59 Å². The third-order valence-electron chi connectivity index (χ3n) is 3.57. The van der Waals surface area contributed by atoms with Crippen molar-refractivity contribution in [3.8, 4) is 11.3 Å². The number of carbonyl (C=O) groups is 2. The summed E-state index contributed by atoms with van der Waals surface area (Å²) in [6, 6.07) is 1.46. The van der Waals surface area contributed by atoms with Gasteiger partial charge >= 0.3 is 5.97 Å². The number of amides is 1. The average Bonchev–Trinajstić information content (AvgIpc) is 3.27. The number of nitrogens with zero attached hydrogens (tertiary/aromatic N) is 5. The number of thiazole rings is 1. The number of carboxylic acids is 1. The standard InChI is InChI=1S/C15H16N6O3S/c1-3-21-9(2)10(6-16-21)12-8-25-15(17-12)18-14(24)11-4-5-20(19-11)7-13(22)23/h4-6,8H,3,7H2,1-2H3,(H,22,23)(H,17,18,24). The van der Waals surface area contributed by atoms with Crippen molar-refractivity contribution in [3.63, 3.8) is 0 Å². The van der Waals surface area contributed by atoms with E-state index in [0.29, 0.717) is 5.13 Å². The Hall–Kier alpha value is -3.01. The van der Waals surface area contributed by atoms with Crippen LogP contribution in [0.25, 0.3) is 11.3 Å². The molecule has 3 aromatic heterocycles. The van der Waals surface area contributed by atoms with Gasteiger partial charge < -0.3 is 5.11 Å². The lowest BCUT2D eigenvalue weighted by Gasteiger charge is -2.00. The second-order valence-electron chi connectivity index (χ2n) is 5.24. The quantitative estimate of drug-likeness (QED) is 0.693. The van der Waals surface area contributed by atoms with E-state index in [1.54, 1.807) is 6.20 Å². The van der Waals surface area contributed by atoms with Gasteiger partial charge in [-0.05, 0) is 19.9 Å². The van der Waals surface area contributed by atoms with Gasteiger partial charge in [-0.3, -0.25) is 24.3 Å². The highest BCUT2D eigenvalue weighted by molar-refractivity contribution is 7.14. The summed E-state index contributed by atoms with van der Waals surface area (Å²) in [5.74, 6) is -1.46. The summed E-state index contributed by atoms with van der Waals surface area (Å²) in [7, 11) is 0. The number of aryl methyl sites for hydroxylation is 1. The molecule has 0 unspecified atom stereocenters. The monoisotopic (exact) mass is 360 g/mol. The second kappa shape index (κ2) is 6.85. The van der Waals surface area contributed by atoms with E-state index in [2.05, 4.69) is 20.5 Å². The number of hydrogen-bond donors (Lipinski definition) is 2. The first kappa shape index (κ1) is 16.8. The smallest absolute Gasteiger partial charge is 0.325 e. The van der Waals surface area contributed by atoms with E-state index in [1.807, 2.05) is 23.9 Å². The van der Waals surface area contributed by atoms with E-state index in [1.165, 1.54) is 28.3 Å². The maximum Gasteiger partial charge on any atom is 0.325 e. The third kappa shape index (κ3) is 3.58. The lowest BCUT2D eigenvalue weighted by Crippen LogP contribution is -2.14. The Bertz CT molecular complexity index is 925. The lowest BCUT2D eigenvalue weighted by atomic mass is 10.2. The van der Waals surface area contributed by atoms with Crippen molar-refractivity contribution in [2.24, 2.45) is 0 Å². The number of aromatic nitrogens is 5. The molecular weight excluding hydrogens is 344 g/mol. The zero-order chi connectivity index (χ0) is 18.0. The Labute approximate surface area is 146 Å². The molecule has 25 heavy (non-hydrogen) atoms. The molecule has 3 aromatic rings. The van der Waals surface area contributed by atoms with Crippen LogP contribution >= 0.6 is 11.3 Å². The van der Waals surface area contributed by atoms with Crippen LogP contribution in [0.3, 0.4) is 0 Å². The molecule has 0 radical (unpaired) electrons. The normalized spacial score (nSPS) is 10.8. The maximum absolute atomic E-state index is 12.2. The van der Waals surface area contributed by atoms with Crippen LogP contribution in [0, 0.1) is 6.92 Å². The van der Waals surface area contributed by atoms with Gasteiger partial charge in [-0.15, -0.1) is 11.3 Å². The number of carbonyl (C=O) groups excluding carboxylic acids is 1. The summed E-state index contributed by atoms with van der Waals surface area (Å²) in [6.07, 6.45) is 3.20. The lowest BCUT2D eigenvalue weighted by molar-refractivity contribution is -0.137. The fourth-order valence-corrected chi connectivity index (χ4v) is 3.05. The van der Waals surface area contributed by atoms with Crippen LogP contribution in [0.2, 0.25) is 0 Å². The van der Waals surface area contributed by atoms with E-state index in [-0.39, 0.29) is 12.2 Å². The largest absolute Gasteiger partial charge is 0.480 e. The zero-order valence-corrected chi connectivity index (χ0v) is 14.4. The molecule has 0 bridgehead atoms. The second-order valence-corrected chi connectivity index (χ2v) is 6.10. The van der Waals surface area contributed by atoms with Crippen molar-refractivity contribution in [1.82, 2.24) is 24.5 Å². The molecule has 0 atom stereocenters. The highest BCUT2D eigenvalue weighted by atomic mass is 32.1. The van der Waals surface area contributed by atoms with Crippen molar-refractivity contribution in [2.75, 3.05) is 5.32 Å². The number of rotatable bonds is 6. The van der Waals surface area contributed by atoms with Gasteiger partial charge in [-0.25, -0.2) is 4.98 Å².